The van der Waals surface area contributed by atoms with Gasteiger partial charge in [-0.1, -0.05) is 29.8 Å². The molecule has 1 aliphatic rings. The number of halogens is 2. The van der Waals surface area contributed by atoms with Crippen LogP contribution in [0.1, 0.15) is 40.7 Å². The fourth-order valence-corrected chi connectivity index (χ4v) is 4.42. The lowest BCUT2D eigenvalue weighted by Crippen LogP contribution is -2.43. The second kappa shape index (κ2) is 11.7. The van der Waals surface area contributed by atoms with E-state index in [1.54, 1.807) is 0 Å². The predicted octanol–water partition coefficient (Wildman–Crippen LogP) is 6.58. The number of hydrogen-bond donors (Lipinski definition) is 1. The Morgan fingerprint density at radius 2 is 1.47 bits per heavy atom. The number of pyridine rings is 1. The predicted molar refractivity (Wildman–Crippen MR) is 142 cm³/mol. The molecule has 2 aromatic carbocycles. The van der Waals surface area contributed by atoms with Crippen molar-refractivity contribution in [1.82, 2.24) is 10.3 Å². The second-order valence-electron chi connectivity index (χ2n) is 8.76. The molecule has 0 atom stereocenters. The fraction of sp³-hybridized carbons (Fsp3) is 0.370. The lowest BCUT2D eigenvalue weighted by molar-refractivity contribution is 0.428. The number of nitrogens with zero attached hydrogens (tertiary/aromatic N) is 2. The number of hydrogen-bond acceptors (Lipinski definition) is 3. The van der Waals surface area contributed by atoms with E-state index in [-0.39, 0.29) is 24.8 Å². The molecule has 1 saturated heterocycles. The van der Waals surface area contributed by atoms with Crippen LogP contribution in [-0.4, -0.2) is 24.1 Å². The van der Waals surface area contributed by atoms with Crippen LogP contribution < -0.4 is 10.2 Å². The molecule has 172 valence electrons. The van der Waals surface area contributed by atoms with E-state index in [0.717, 1.165) is 19.6 Å². The van der Waals surface area contributed by atoms with Crippen LogP contribution in [0.15, 0.2) is 54.9 Å². The maximum atomic E-state index is 4.61. The Bertz CT molecular complexity index is 989. The first kappa shape index (κ1) is 26.2. The minimum absolute atomic E-state index is 0. The molecule has 32 heavy (non-hydrogen) atoms. The number of piperidine rings is 1. The topological polar surface area (TPSA) is 28.2 Å². The number of anilines is 1. The number of nitrogens with one attached hydrogen (secondary N) is 1. The average Bonchev–Trinajstić information content (AvgIpc) is 2.77. The van der Waals surface area contributed by atoms with Crippen molar-refractivity contribution in [2.45, 2.75) is 53.1 Å². The lowest BCUT2D eigenvalue weighted by atomic mass is 9.96. The summed E-state index contributed by atoms with van der Waals surface area (Å²) in [6.07, 6.45) is 6.38. The van der Waals surface area contributed by atoms with Gasteiger partial charge in [0.2, 0.25) is 0 Å². The van der Waals surface area contributed by atoms with E-state index < -0.39 is 0 Å². The van der Waals surface area contributed by atoms with Crippen LogP contribution in [0.25, 0.3) is 11.1 Å². The molecule has 0 unspecified atom stereocenters. The van der Waals surface area contributed by atoms with Crippen molar-refractivity contribution in [3.8, 4) is 11.1 Å². The van der Waals surface area contributed by atoms with Crippen LogP contribution in [-0.2, 0) is 6.54 Å². The molecule has 0 spiro atoms. The second-order valence-corrected chi connectivity index (χ2v) is 8.76. The molecule has 0 amide bonds. The quantitative estimate of drug-likeness (QED) is 0.454. The van der Waals surface area contributed by atoms with Crippen LogP contribution in [0.5, 0.6) is 0 Å². The van der Waals surface area contributed by atoms with Gasteiger partial charge >= 0.3 is 0 Å². The third-order valence-electron chi connectivity index (χ3n) is 6.52. The van der Waals surface area contributed by atoms with Gasteiger partial charge in [0.25, 0.3) is 0 Å². The zero-order chi connectivity index (χ0) is 21.1. The average molecular weight is 473 g/mol. The zero-order valence-corrected chi connectivity index (χ0v) is 21.2. The summed E-state index contributed by atoms with van der Waals surface area (Å²) in [5.41, 5.74) is 10.4. The number of benzene rings is 2. The smallest absolute Gasteiger partial charge is 0.0448 e. The number of aromatic nitrogens is 1. The molecule has 1 aromatic heterocycles. The molecule has 1 fully saturated rings. The summed E-state index contributed by atoms with van der Waals surface area (Å²) in [4.78, 5) is 7.19. The Morgan fingerprint density at radius 3 is 2.09 bits per heavy atom. The first-order valence-electron chi connectivity index (χ1n) is 11.1. The van der Waals surface area contributed by atoms with Gasteiger partial charge in [-0.25, -0.2) is 0 Å². The third kappa shape index (κ3) is 6.04. The van der Waals surface area contributed by atoms with Gasteiger partial charge in [-0.15, -0.1) is 24.8 Å². The van der Waals surface area contributed by atoms with Gasteiger partial charge in [0, 0.05) is 36.2 Å². The molecule has 3 nitrogen and oxygen atoms in total. The largest absolute Gasteiger partial charge is 0.364 e. The maximum absolute atomic E-state index is 4.61. The van der Waals surface area contributed by atoms with E-state index in [1.807, 2.05) is 12.4 Å². The lowest BCUT2D eigenvalue weighted by Gasteiger charge is -2.36. The molecular weight excluding hydrogens is 437 g/mol. The highest BCUT2D eigenvalue weighted by molar-refractivity contribution is 5.85. The van der Waals surface area contributed by atoms with Crippen molar-refractivity contribution in [3.63, 3.8) is 0 Å². The molecule has 0 radical (unpaired) electrons. The molecule has 0 saturated carbocycles. The van der Waals surface area contributed by atoms with Crippen molar-refractivity contribution < 1.29 is 0 Å². The Hall–Kier alpha value is -2.07. The summed E-state index contributed by atoms with van der Waals surface area (Å²) in [6.45, 7) is 11.8. The minimum atomic E-state index is 0. The Balaban J connectivity index is 0.00000181. The summed E-state index contributed by atoms with van der Waals surface area (Å²) < 4.78 is 0. The summed E-state index contributed by atoms with van der Waals surface area (Å²) in [5, 5.41) is 3.50. The van der Waals surface area contributed by atoms with Gasteiger partial charge in [0.15, 0.2) is 0 Å². The summed E-state index contributed by atoms with van der Waals surface area (Å²) in [6, 6.07) is 16.4. The summed E-state index contributed by atoms with van der Waals surface area (Å²) in [5.74, 6) is 0. The van der Waals surface area contributed by atoms with E-state index in [0.29, 0.717) is 6.04 Å². The van der Waals surface area contributed by atoms with Crippen molar-refractivity contribution in [1.29, 1.82) is 0 Å². The van der Waals surface area contributed by atoms with Crippen molar-refractivity contribution >= 4 is 30.5 Å². The Kier molecular flexibility index (Phi) is 9.57. The SMILES string of the molecule is Cc1ccc(N(Cc2cncc(-c3cc(C)c(C)c(C)c3)c2)C2CCNCC2)cc1.Cl.Cl. The number of aryl methyl sites for hydroxylation is 3. The van der Waals surface area contributed by atoms with E-state index in [4.69, 9.17) is 0 Å². The summed E-state index contributed by atoms with van der Waals surface area (Å²) >= 11 is 0. The summed E-state index contributed by atoms with van der Waals surface area (Å²) in [7, 11) is 0. The van der Waals surface area contributed by atoms with Gasteiger partial charge in [-0.2, -0.15) is 0 Å². The number of rotatable bonds is 5. The van der Waals surface area contributed by atoms with Crippen molar-refractivity contribution in [2.24, 2.45) is 0 Å². The normalized spacial score (nSPS) is 13.8. The van der Waals surface area contributed by atoms with E-state index in [1.165, 1.54) is 57.5 Å². The van der Waals surface area contributed by atoms with Crippen LogP contribution >= 0.6 is 24.8 Å². The van der Waals surface area contributed by atoms with Gasteiger partial charge in [-0.3, -0.25) is 4.98 Å². The molecular formula is C27H35Cl2N3. The minimum Gasteiger partial charge on any atom is -0.364 e. The molecule has 1 N–H and O–H groups in total. The van der Waals surface area contributed by atoms with Gasteiger partial charge < -0.3 is 10.2 Å². The van der Waals surface area contributed by atoms with E-state index >= 15 is 0 Å². The maximum Gasteiger partial charge on any atom is 0.0448 e. The van der Waals surface area contributed by atoms with E-state index in [2.05, 4.69) is 85.4 Å². The first-order chi connectivity index (χ1) is 14.5. The molecule has 0 aliphatic carbocycles. The van der Waals surface area contributed by atoms with Crippen molar-refractivity contribution in [3.05, 3.63) is 82.7 Å². The molecule has 0 bridgehead atoms. The zero-order valence-electron chi connectivity index (χ0n) is 19.5. The van der Waals surface area contributed by atoms with Crippen LogP contribution in [0.4, 0.5) is 5.69 Å². The molecule has 2 heterocycles. The van der Waals surface area contributed by atoms with Gasteiger partial charge in [0.1, 0.15) is 0 Å². The highest BCUT2D eigenvalue weighted by atomic mass is 35.5. The Labute approximate surface area is 205 Å². The molecule has 5 heteroatoms. The van der Waals surface area contributed by atoms with Gasteiger partial charge in [0.05, 0.1) is 0 Å². The molecule has 3 aromatic rings. The Morgan fingerprint density at radius 1 is 0.844 bits per heavy atom. The standard InChI is InChI=1S/C27H33N3.2ClH/c1-19-5-7-26(8-6-19)30(27-9-11-28-12-10-27)18-23-15-25(17-29-16-23)24-13-20(2)22(4)21(3)14-24;;/h5-8,13-17,27-28H,9-12,18H2,1-4H3;2*1H. The van der Waals surface area contributed by atoms with Crippen LogP contribution in [0, 0.1) is 27.7 Å². The fourth-order valence-electron chi connectivity index (χ4n) is 4.42. The van der Waals surface area contributed by atoms with E-state index in [9.17, 15) is 0 Å². The third-order valence-corrected chi connectivity index (χ3v) is 6.52. The van der Waals surface area contributed by atoms with Crippen molar-refractivity contribution in [2.75, 3.05) is 18.0 Å². The van der Waals surface area contributed by atoms with Gasteiger partial charge in [-0.05, 0) is 99.6 Å². The first-order valence-corrected chi connectivity index (χ1v) is 11.1. The van der Waals surface area contributed by atoms with Crippen LogP contribution in [0.2, 0.25) is 0 Å². The molecule has 4 rings (SSSR count). The molecule has 1 aliphatic heterocycles. The van der Waals surface area contributed by atoms with Crippen LogP contribution in [0.3, 0.4) is 0 Å². The highest BCUT2D eigenvalue weighted by Crippen LogP contribution is 2.28. The monoisotopic (exact) mass is 471 g/mol. The highest BCUT2D eigenvalue weighted by Gasteiger charge is 2.22.